The number of rotatable bonds is 2. The Morgan fingerprint density at radius 3 is 2.35 bits per heavy atom. The number of nitrogens with one attached hydrogen (secondary N) is 1. The number of carbonyl (C=O) groups excluding carboxylic acids is 1. The lowest BCUT2D eigenvalue weighted by molar-refractivity contribution is -0.138. The maximum Gasteiger partial charge on any atom is 0.230 e. The van der Waals surface area contributed by atoms with E-state index in [0.717, 1.165) is 50.7 Å². The van der Waals surface area contributed by atoms with Crippen molar-refractivity contribution < 1.29 is 18.0 Å². The first kappa shape index (κ1) is 15.5. The lowest BCUT2D eigenvalue weighted by Crippen LogP contribution is -2.57. The van der Waals surface area contributed by atoms with Crippen LogP contribution in [0.4, 0.5) is 18.9 Å². The zero-order valence-corrected chi connectivity index (χ0v) is 14.1. The van der Waals surface area contributed by atoms with Crippen molar-refractivity contribution >= 4 is 27.5 Å². The molecule has 1 aromatic rings. The number of hydrogen-bond acceptors (Lipinski definition) is 1. The van der Waals surface area contributed by atoms with Crippen LogP contribution in [-0.4, -0.2) is 10.2 Å². The third kappa shape index (κ3) is 2.41. The van der Waals surface area contributed by atoms with Crippen molar-refractivity contribution in [2.75, 3.05) is 5.32 Å². The Kier molecular flexibility index (Phi) is 3.35. The molecular formula is C17H17BrF3NO. The fraction of sp³-hybridized carbons (Fsp3) is 0.588. The van der Waals surface area contributed by atoms with E-state index in [1.807, 2.05) is 0 Å². The van der Waals surface area contributed by atoms with Gasteiger partial charge in [0.05, 0.1) is 11.1 Å². The summed E-state index contributed by atoms with van der Waals surface area (Å²) in [5.74, 6) is -3.38. The second kappa shape index (κ2) is 4.98. The molecule has 4 fully saturated rings. The van der Waals surface area contributed by atoms with Crippen LogP contribution in [0.3, 0.4) is 0 Å². The van der Waals surface area contributed by atoms with Gasteiger partial charge in [-0.1, -0.05) is 15.9 Å². The number of hydrogen-bond donors (Lipinski definition) is 1. The fourth-order valence-electron chi connectivity index (χ4n) is 5.29. The maximum atomic E-state index is 13.8. The SMILES string of the molecule is O=C(Nc1ccc(F)c(F)c1F)C12CC3CC(CC(Br)(C3)C1)C2. The molecule has 1 amide bonds. The van der Waals surface area contributed by atoms with Crippen molar-refractivity contribution in [3.8, 4) is 0 Å². The number of benzene rings is 1. The second-order valence-corrected chi connectivity index (χ2v) is 9.25. The fourth-order valence-corrected chi connectivity index (χ4v) is 6.75. The molecule has 4 bridgehead atoms. The molecule has 0 aromatic heterocycles. The van der Waals surface area contributed by atoms with Crippen molar-refractivity contribution in [3.63, 3.8) is 0 Å². The molecule has 6 heteroatoms. The van der Waals surface area contributed by atoms with Crippen molar-refractivity contribution in [1.29, 1.82) is 0 Å². The molecule has 4 saturated carbocycles. The Hall–Kier alpha value is -1.04. The summed E-state index contributed by atoms with van der Waals surface area (Å²) < 4.78 is 40.2. The monoisotopic (exact) mass is 387 g/mol. The Morgan fingerprint density at radius 1 is 1.09 bits per heavy atom. The molecule has 0 radical (unpaired) electrons. The van der Waals surface area contributed by atoms with Gasteiger partial charge in [-0.3, -0.25) is 4.79 Å². The smallest absolute Gasteiger partial charge is 0.230 e. The van der Waals surface area contributed by atoms with E-state index in [9.17, 15) is 18.0 Å². The van der Waals surface area contributed by atoms with Gasteiger partial charge >= 0.3 is 0 Å². The molecule has 2 nitrogen and oxygen atoms in total. The highest BCUT2D eigenvalue weighted by molar-refractivity contribution is 9.10. The van der Waals surface area contributed by atoms with E-state index in [1.54, 1.807) is 0 Å². The van der Waals surface area contributed by atoms with Crippen LogP contribution in [0.2, 0.25) is 0 Å². The third-order valence-corrected chi connectivity index (χ3v) is 6.68. The van der Waals surface area contributed by atoms with Gasteiger partial charge in [-0.2, -0.15) is 0 Å². The minimum absolute atomic E-state index is 0.00101. The molecule has 4 aliphatic carbocycles. The first-order chi connectivity index (χ1) is 10.8. The van der Waals surface area contributed by atoms with Crippen LogP contribution in [0.25, 0.3) is 0 Å². The topological polar surface area (TPSA) is 29.1 Å². The standard InChI is InChI=1S/C17H17BrF3NO/c18-17-6-9-3-10(7-17)5-16(4-9,8-17)15(23)22-12-2-1-11(19)13(20)14(12)21/h1-2,9-10H,3-8H2,(H,22,23). The second-order valence-electron chi connectivity index (χ2n) is 7.57. The van der Waals surface area contributed by atoms with E-state index in [-0.39, 0.29) is 15.9 Å². The van der Waals surface area contributed by atoms with E-state index in [1.165, 1.54) is 0 Å². The lowest BCUT2D eigenvalue weighted by Gasteiger charge is -2.59. The van der Waals surface area contributed by atoms with Crippen LogP contribution < -0.4 is 5.32 Å². The zero-order valence-electron chi connectivity index (χ0n) is 12.5. The van der Waals surface area contributed by atoms with Crippen molar-refractivity contribution in [3.05, 3.63) is 29.6 Å². The molecule has 1 aromatic carbocycles. The normalized spacial score (nSPS) is 37.9. The first-order valence-corrected chi connectivity index (χ1v) is 8.73. The van der Waals surface area contributed by atoms with E-state index in [2.05, 4.69) is 21.2 Å². The minimum atomic E-state index is -1.55. The molecule has 1 N–H and O–H groups in total. The van der Waals surface area contributed by atoms with Crippen LogP contribution in [-0.2, 0) is 4.79 Å². The number of carbonyl (C=O) groups is 1. The quantitative estimate of drug-likeness (QED) is 0.574. The third-order valence-electron chi connectivity index (χ3n) is 5.75. The van der Waals surface area contributed by atoms with Gasteiger partial charge in [0.25, 0.3) is 0 Å². The van der Waals surface area contributed by atoms with Crippen molar-refractivity contribution in [2.24, 2.45) is 17.3 Å². The first-order valence-electron chi connectivity index (χ1n) is 7.94. The van der Waals surface area contributed by atoms with Crippen molar-refractivity contribution in [1.82, 2.24) is 0 Å². The van der Waals surface area contributed by atoms with Gasteiger partial charge < -0.3 is 5.32 Å². The molecule has 0 heterocycles. The van der Waals surface area contributed by atoms with Crippen LogP contribution in [0, 0.1) is 34.7 Å². The van der Waals surface area contributed by atoms with Gasteiger partial charge in [-0.15, -0.1) is 0 Å². The average molecular weight is 388 g/mol. The van der Waals surface area contributed by atoms with Crippen molar-refractivity contribution in [2.45, 2.75) is 42.8 Å². The molecule has 0 saturated heterocycles. The number of amides is 1. The summed E-state index contributed by atoms with van der Waals surface area (Å²) >= 11 is 3.82. The molecule has 124 valence electrons. The maximum absolute atomic E-state index is 13.8. The van der Waals surface area contributed by atoms with Gasteiger partial charge in [-0.05, 0) is 62.5 Å². The number of alkyl halides is 1. The van der Waals surface area contributed by atoms with Gasteiger partial charge in [-0.25, -0.2) is 13.2 Å². The molecule has 4 aliphatic rings. The molecule has 0 aliphatic heterocycles. The summed E-state index contributed by atoms with van der Waals surface area (Å²) in [7, 11) is 0. The van der Waals surface area contributed by atoms with Crippen LogP contribution in [0.15, 0.2) is 12.1 Å². The lowest BCUT2D eigenvalue weighted by atomic mass is 9.49. The Balaban J connectivity index is 1.61. The van der Waals surface area contributed by atoms with Crippen LogP contribution in [0.5, 0.6) is 0 Å². The molecule has 2 unspecified atom stereocenters. The average Bonchev–Trinajstić information content (AvgIpc) is 2.45. The molecule has 5 rings (SSSR count). The number of halogens is 4. The predicted octanol–water partition coefficient (Wildman–Crippen LogP) is 4.78. The van der Waals surface area contributed by atoms with E-state index < -0.39 is 22.9 Å². The molecule has 0 spiro atoms. The van der Waals surface area contributed by atoms with E-state index in [4.69, 9.17) is 0 Å². The predicted molar refractivity (Wildman–Crippen MR) is 83.7 cm³/mol. The Labute approximate surface area is 141 Å². The van der Waals surface area contributed by atoms with Gasteiger partial charge in [0, 0.05) is 4.32 Å². The van der Waals surface area contributed by atoms with E-state index in [0.29, 0.717) is 11.8 Å². The minimum Gasteiger partial charge on any atom is -0.323 e. The van der Waals surface area contributed by atoms with E-state index >= 15 is 0 Å². The Bertz CT molecular complexity index is 679. The summed E-state index contributed by atoms with van der Waals surface area (Å²) in [5, 5.41) is 2.51. The molecule has 2 atom stereocenters. The summed E-state index contributed by atoms with van der Waals surface area (Å²) in [6.45, 7) is 0. The molecule has 23 heavy (non-hydrogen) atoms. The summed E-state index contributed by atoms with van der Waals surface area (Å²) in [6, 6.07) is 1.91. The van der Waals surface area contributed by atoms with Crippen LogP contribution >= 0.6 is 15.9 Å². The number of anilines is 1. The largest absolute Gasteiger partial charge is 0.323 e. The summed E-state index contributed by atoms with van der Waals surface area (Å²) in [4.78, 5) is 12.8. The molecular weight excluding hydrogens is 371 g/mol. The highest BCUT2D eigenvalue weighted by Gasteiger charge is 2.59. The van der Waals surface area contributed by atoms with Crippen LogP contribution in [0.1, 0.15) is 38.5 Å². The van der Waals surface area contributed by atoms with Gasteiger partial charge in [0.15, 0.2) is 17.5 Å². The Morgan fingerprint density at radius 2 is 1.74 bits per heavy atom. The van der Waals surface area contributed by atoms with Gasteiger partial charge in [0.2, 0.25) is 5.91 Å². The summed E-state index contributed by atoms with van der Waals surface area (Å²) in [5.41, 5.74) is -0.807. The highest BCUT2D eigenvalue weighted by atomic mass is 79.9. The zero-order chi connectivity index (χ0) is 16.4. The summed E-state index contributed by atoms with van der Waals surface area (Å²) in [6.07, 6.45) is 5.64. The van der Waals surface area contributed by atoms with Gasteiger partial charge in [0.1, 0.15) is 0 Å². The highest BCUT2D eigenvalue weighted by Crippen LogP contribution is 2.64.